The first kappa shape index (κ1) is 17.0. The minimum atomic E-state index is -0.251. The first-order valence-corrected chi connectivity index (χ1v) is 8.86. The Morgan fingerprint density at radius 1 is 1.30 bits per heavy atom. The van der Waals surface area contributed by atoms with E-state index in [1.54, 1.807) is 12.1 Å². The van der Waals surface area contributed by atoms with Gasteiger partial charge in [-0.3, -0.25) is 4.79 Å². The molecule has 3 aromatic rings. The van der Waals surface area contributed by atoms with Crippen molar-refractivity contribution in [1.29, 1.82) is 0 Å². The lowest BCUT2D eigenvalue weighted by Crippen LogP contribution is -2.27. The van der Waals surface area contributed by atoms with Crippen molar-refractivity contribution in [3.63, 3.8) is 0 Å². The van der Waals surface area contributed by atoms with Crippen molar-refractivity contribution in [2.45, 2.75) is 25.8 Å². The van der Waals surface area contributed by atoms with E-state index < -0.39 is 0 Å². The Labute approximate surface area is 156 Å². The topological polar surface area (TPSA) is 108 Å². The largest absolute Gasteiger partial charge is 0.477 e. The Hall–Kier alpha value is -3.42. The van der Waals surface area contributed by atoms with Crippen LogP contribution in [0, 0.1) is 0 Å². The van der Waals surface area contributed by atoms with Gasteiger partial charge in [-0.1, -0.05) is 24.3 Å². The molecule has 0 saturated heterocycles. The second kappa shape index (κ2) is 7.06. The van der Waals surface area contributed by atoms with Crippen LogP contribution in [0.5, 0.6) is 5.88 Å². The zero-order valence-corrected chi connectivity index (χ0v) is 14.9. The molecule has 0 spiro atoms. The van der Waals surface area contributed by atoms with Crippen LogP contribution in [0.15, 0.2) is 42.6 Å². The standard InChI is InChI=1S/C19H20N6O2/c1-2-27-17-10-9-16(23-24-17)25-18(20)14(11-21-25)19(26)22-15-8-7-12-5-3-4-6-13(12)15/h3-6,9-11,15H,2,7-8,20H2,1H3,(H,22,26). The lowest BCUT2D eigenvalue weighted by Gasteiger charge is -2.13. The number of hydrogen-bond acceptors (Lipinski definition) is 6. The molecule has 0 saturated carbocycles. The predicted octanol–water partition coefficient (Wildman–Crippen LogP) is 2.06. The van der Waals surface area contributed by atoms with Crippen LogP contribution in [-0.2, 0) is 6.42 Å². The molecule has 0 aliphatic heterocycles. The predicted molar refractivity (Wildman–Crippen MR) is 99.7 cm³/mol. The Morgan fingerprint density at radius 2 is 2.15 bits per heavy atom. The van der Waals surface area contributed by atoms with Gasteiger partial charge in [0.05, 0.1) is 18.8 Å². The number of aromatic nitrogens is 4. The lowest BCUT2D eigenvalue weighted by molar-refractivity contribution is 0.0937. The summed E-state index contributed by atoms with van der Waals surface area (Å²) in [6.07, 6.45) is 3.28. The normalized spacial score (nSPS) is 15.4. The number of anilines is 1. The molecule has 1 atom stereocenters. The van der Waals surface area contributed by atoms with Gasteiger partial charge in [0.2, 0.25) is 5.88 Å². The van der Waals surface area contributed by atoms with Crippen molar-refractivity contribution in [3.8, 4) is 11.7 Å². The summed E-state index contributed by atoms with van der Waals surface area (Å²) in [6, 6.07) is 11.5. The van der Waals surface area contributed by atoms with Crippen molar-refractivity contribution >= 4 is 11.7 Å². The van der Waals surface area contributed by atoms with Gasteiger partial charge < -0.3 is 15.8 Å². The van der Waals surface area contributed by atoms with Gasteiger partial charge in [0.1, 0.15) is 11.4 Å². The zero-order valence-electron chi connectivity index (χ0n) is 14.9. The molecule has 1 unspecified atom stereocenters. The highest BCUT2D eigenvalue weighted by molar-refractivity contribution is 5.98. The average molecular weight is 364 g/mol. The van der Waals surface area contributed by atoms with Gasteiger partial charge in [-0.2, -0.15) is 9.78 Å². The maximum Gasteiger partial charge on any atom is 0.257 e. The Bertz CT molecular complexity index is 967. The van der Waals surface area contributed by atoms with Crippen LogP contribution in [0.4, 0.5) is 5.82 Å². The SMILES string of the molecule is CCOc1ccc(-n2ncc(C(=O)NC3CCc4ccccc43)c2N)nn1. The highest BCUT2D eigenvalue weighted by Crippen LogP contribution is 2.31. The highest BCUT2D eigenvalue weighted by Gasteiger charge is 2.25. The molecule has 138 valence electrons. The molecule has 3 N–H and O–H groups in total. The van der Waals surface area contributed by atoms with Crippen LogP contribution < -0.4 is 15.8 Å². The molecule has 1 aliphatic carbocycles. The summed E-state index contributed by atoms with van der Waals surface area (Å²) < 4.78 is 6.66. The molecule has 4 rings (SSSR count). The molecule has 2 aromatic heterocycles. The summed E-state index contributed by atoms with van der Waals surface area (Å²) in [5, 5.41) is 15.3. The monoisotopic (exact) mass is 364 g/mol. The van der Waals surface area contributed by atoms with Crippen LogP contribution >= 0.6 is 0 Å². The molecule has 0 bridgehead atoms. The van der Waals surface area contributed by atoms with Gasteiger partial charge in [-0.05, 0) is 37.0 Å². The van der Waals surface area contributed by atoms with Crippen molar-refractivity contribution in [3.05, 3.63) is 59.3 Å². The Morgan fingerprint density at radius 3 is 2.93 bits per heavy atom. The molecule has 1 amide bonds. The molecular weight excluding hydrogens is 344 g/mol. The number of ether oxygens (including phenoxy) is 1. The second-order valence-corrected chi connectivity index (χ2v) is 6.28. The molecule has 8 heteroatoms. The minimum absolute atomic E-state index is 0.0123. The molecule has 27 heavy (non-hydrogen) atoms. The molecule has 0 fully saturated rings. The molecule has 1 aliphatic rings. The number of rotatable bonds is 5. The fraction of sp³-hybridized carbons (Fsp3) is 0.263. The van der Waals surface area contributed by atoms with Crippen molar-refractivity contribution < 1.29 is 9.53 Å². The van der Waals surface area contributed by atoms with Crippen molar-refractivity contribution in [1.82, 2.24) is 25.3 Å². The second-order valence-electron chi connectivity index (χ2n) is 6.28. The van der Waals surface area contributed by atoms with E-state index in [1.807, 2.05) is 19.1 Å². The minimum Gasteiger partial charge on any atom is -0.477 e. The summed E-state index contributed by atoms with van der Waals surface area (Å²) in [6.45, 7) is 2.38. The fourth-order valence-electron chi connectivity index (χ4n) is 3.31. The number of carbonyl (C=O) groups is 1. The number of fused-ring (bicyclic) bond motifs is 1. The number of amides is 1. The summed E-state index contributed by atoms with van der Waals surface area (Å²) >= 11 is 0. The van der Waals surface area contributed by atoms with Crippen LogP contribution in [0.3, 0.4) is 0 Å². The number of nitrogens with two attached hydrogens (primary N) is 1. The molecular formula is C19H20N6O2. The smallest absolute Gasteiger partial charge is 0.257 e. The summed E-state index contributed by atoms with van der Waals surface area (Å²) in [5.74, 6) is 0.808. The van der Waals surface area contributed by atoms with E-state index in [-0.39, 0.29) is 17.8 Å². The van der Waals surface area contributed by atoms with Crippen LogP contribution in [0.2, 0.25) is 0 Å². The molecule has 8 nitrogen and oxygen atoms in total. The first-order chi connectivity index (χ1) is 13.2. The third-order valence-corrected chi connectivity index (χ3v) is 4.62. The van der Waals surface area contributed by atoms with E-state index in [0.717, 1.165) is 18.4 Å². The number of benzene rings is 1. The number of aryl methyl sites for hydroxylation is 1. The lowest BCUT2D eigenvalue weighted by atomic mass is 10.1. The van der Waals surface area contributed by atoms with Gasteiger partial charge in [-0.25, -0.2) is 0 Å². The van der Waals surface area contributed by atoms with E-state index in [0.29, 0.717) is 23.9 Å². The van der Waals surface area contributed by atoms with Crippen LogP contribution in [-0.4, -0.2) is 32.5 Å². The number of nitrogens with one attached hydrogen (secondary N) is 1. The first-order valence-electron chi connectivity index (χ1n) is 8.86. The van der Waals surface area contributed by atoms with E-state index in [2.05, 4.69) is 32.7 Å². The van der Waals surface area contributed by atoms with Gasteiger partial charge in [-0.15, -0.1) is 10.2 Å². The van der Waals surface area contributed by atoms with E-state index in [9.17, 15) is 4.79 Å². The number of carbonyl (C=O) groups excluding carboxylic acids is 1. The van der Waals surface area contributed by atoms with Crippen molar-refractivity contribution in [2.75, 3.05) is 12.3 Å². The highest BCUT2D eigenvalue weighted by atomic mass is 16.5. The third kappa shape index (κ3) is 3.21. The van der Waals surface area contributed by atoms with Crippen LogP contribution in [0.25, 0.3) is 5.82 Å². The van der Waals surface area contributed by atoms with Gasteiger partial charge >= 0.3 is 0 Å². The average Bonchev–Trinajstić information content (AvgIpc) is 3.27. The van der Waals surface area contributed by atoms with Crippen LogP contribution in [0.1, 0.15) is 40.9 Å². The summed E-state index contributed by atoms with van der Waals surface area (Å²) in [5.41, 5.74) is 8.89. The number of nitrogen functional groups attached to an aromatic ring is 1. The van der Waals surface area contributed by atoms with Gasteiger partial charge in [0.15, 0.2) is 5.82 Å². The Balaban J connectivity index is 1.53. The number of hydrogen-bond donors (Lipinski definition) is 2. The Kier molecular flexibility index (Phi) is 4.45. The summed E-state index contributed by atoms with van der Waals surface area (Å²) in [4.78, 5) is 12.7. The zero-order chi connectivity index (χ0) is 18.8. The number of nitrogens with zero attached hydrogens (tertiary/aromatic N) is 4. The quantitative estimate of drug-likeness (QED) is 0.717. The van der Waals surface area contributed by atoms with E-state index >= 15 is 0 Å². The molecule has 2 heterocycles. The van der Waals surface area contributed by atoms with Gasteiger partial charge in [0, 0.05) is 6.07 Å². The fourth-order valence-corrected chi connectivity index (χ4v) is 3.31. The maximum atomic E-state index is 12.7. The summed E-state index contributed by atoms with van der Waals surface area (Å²) in [7, 11) is 0. The van der Waals surface area contributed by atoms with E-state index in [1.165, 1.54) is 16.4 Å². The maximum absolute atomic E-state index is 12.7. The van der Waals surface area contributed by atoms with Gasteiger partial charge in [0.25, 0.3) is 5.91 Å². The van der Waals surface area contributed by atoms with Crippen molar-refractivity contribution in [2.24, 2.45) is 0 Å². The van der Waals surface area contributed by atoms with E-state index in [4.69, 9.17) is 10.5 Å². The molecule has 0 radical (unpaired) electrons. The third-order valence-electron chi connectivity index (χ3n) is 4.62. The molecule has 1 aromatic carbocycles.